The molecule has 0 aliphatic carbocycles. The molecule has 7 nitrogen and oxygen atoms in total. The molecule has 2 aromatic rings. The van der Waals surface area contributed by atoms with Crippen LogP contribution in [0, 0.1) is 0 Å². The van der Waals surface area contributed by atoms with Gasteiger partial charge >= 0.3 is 11.9 Å². The molecule has 1 heterocycles. The van der Waals surface area contributed by atoms with Crippen molar-refractivity contribution in [1.82, 2.24) is 4.98 Å². The lowest BCUT2D eigenvalue weighted by Gasteiger charge is -1.96. The number of aromatic amines is 1. The Morgan fingerprint density at radius 1 is 1.26 bits per heavy atom. The van der Waals surface area contributed by atoms with E-state index in [9.17, 15) is 14.7 Å². The Bertz CT molecular complexity index is 711. The third-order valence-corrected chi connectivity index (χ3v) is 2.53. The van der Waals surface area contributed by atoms with Gasteiger partial charge < -0.3 is 20.9 Å². The van der Waals surface area contributed by atoms with Gasteiger partial charge in [-0.15, -0.1) is 0 Å². The third-order valence-electron chi connectivity index (χ3n) is 2.53. The fraction of sp³-hybridized carbons (Fsp3) is 0.0833. The van der Waals surface area contributed by atoms with Gasteiger partial charge in [-0.25, -0.2) is 14.6 Å². The molecule has 0 saturated carbocycles. The quantitative estimate of drug-likeness (QED) is 0.492. The van der Waals surface area contributed by atoms with Crippen molar-refractivity contribution in [2.24, 2.45) is 10.7 Å². The van der Waals surface area contributed by atoms with E-state index in [0.29, 0.717) is 5.52 Å². The maximum absolute atomic E-state index is 11.3. The van der Waals surface area contributed by atoms with Crippen LogP contribution in [0.2, 0.25) is 0 Å². The molecule has 0 spiro atoms. The molecule has 5 N–H and O–H groups in total. The number of nitrogens with two attached hydrogens (primary N) is 1. The zero-order chi connectivity index (χ0) is 14.2. The first-order chi connectivity index (χ1) is 8.90. The number of rotatable bonds is 3. The number of aliphatic imine (C=N–C) groups is 1. The first kappa shape index (κ1) is 12.6. The van der Waals surface area contributed by atoms with Crippen molar-refractivity contribution in [3.05, 3.63) is 29.3 Å². The summed E-state index contributed by atoms with van der Waals surface area (Å²) in [6, 6.07) is 4.17. The summed E-state index contributed by atoms with van der Waals surface area (Å²) in [7, 11) is 0. The first-order valence-electron chi connectivity index (χ1n) is 5.33. The van der Waals surface area contributed by atoms with Crippen LogP contribution in [-0.2, 0) is 0 Å². The largest absolute Gasteiger partial charge is 0.478 e. The Labute approximate surface area is 107 Å². The Kier molecular flexibility index (Phi) is 2.95. The molecule has 0 bridgehead atoms. The number of aromatic nitrogens is 1. The predicted octanol–water partition coefficient (Wildman–Crippen LogP) is 1.57. The molecule has 0 fully saturated rings. The number of nitrogens with zero attached hydrogens (tertiary/aromatic N) is 1. The molecule has 1 aromatic heterocycles. The summed E-state index contributed by atoms with van der Waals surface area (Å²) in [5.41, 5.74) is 5.84. The van der Waals surface area contributed by atoms with E-state index < -0.39 is 11.9 Å². The molecule has 98 valence electrons. The van der Waals surface area contributed by atoms with E-state index in [1.807, 2.05) is 0 Å². The number of amidine groups is 1. The zero-order valence-electron chi connectivity index (χ0n) is 9.97. The Morgan fingerprint density at radius 2 is 1.95 bits per heavy atom. The van der Waals surface area contributed by atoms with E-state index in [0.717, 1.165) is 0 Å². The lowest BCUT2D eigenvalue weighted by molar-refractivity contribution is 0.0685. The second-order valence-corrected chi connectivity index (χ2v) is 3.97. The minimum absolute atomic E-state index is 0.00833. The maximum atomic E-state index is 11.3. The number of carbonyl (C=O) groups is 2. The van der Waals surface area contributed by atoms with Crippen LogP contribution in [0.15, 0.2) is 23.2 Å². The van der Waals surface area contributed by atoms with Crippen molar-refractivity contribution >= 4 is 34.5 Å². The molecule has 0 unspecified atom stereocenters. The molecule has 0 amide bonds. The number of nitrogens with one attached hydrogen (secondary N) is 1. The summed E-state index contributed by atoms with van der Waals surface area (Å²) < 4.78 is 0. The van der Waals surface area contributed by atoms with Crippen molar-refractivity contribution in [3.8, 4) is 0 Å². The summed E-state index contributed by atoms with van der Waals surface area (Å²) in [6.45, 7) is 1.53. The molecule has 1 aromatic carbocycles. The van der Waals surface area contributed by atoms with Crippen LogP contribution in [0.1, 0.15) is 27.6 Å². The van der Waals surface area contributed by atoms with Gasteiger partial charge in [0.15, 0.2) is 0 Å². The van der Waals surface area contributed by atoms with E-state index >= 15 is 0 Å². The summed E-state index contributed by atoms with van der Waals surface area (Å²) in [5, 5.41) is 18.4. The van der Waals surface area contributed by atoms with Gasteiger partial charge in [0.1, 0.15) is 11.4 Å². The molecule has 2 rings (SSSR count). The molecule has 0 atom stereocenters. The smallest absolute Gasteiger partial charge is 0.340 e. The Hall–Kier alpha value is -2.83. The van der Waals surface area contributed by atoms with Gasteiger partial charge in [-0.2, -0.15) is 0 Å². The summed E-state index contributed by atoms with van der Waals surface area (Å²) in [6.07, 6.45) is 0. The monoisotopic (exact) mass is 261 g/mol. The van der Waals surface area contributed by atoms with E-state index in [1.165, 1.54) is 25.1 Å². The average Bonchev–Trinajstić information content (AvgIpc) is 2.64. The average molecular weight is 261 g/mol. The molecule has 0 aliphatic rings. The van der Waals surface area contributed by atoms with Crippen LogP contribution < -0.4 is 5.73 Å². The van der Waals surface area contributed by atoms with Crippen LogP contribution >= 0.6 is 0 Å². The third kappa shape index (κ3) is 2.25. The minimum Gasteiger partial charge on any atom is -0.478 e. The van der Waals surface area contributed by atoms with Gasteiger partial charge in [-0.1, -0.05) is 0 Å². The van der Waals surface area contributed by atoms with E-state index in [4.69, 9.17) is 10.8 Å². The van der Waals surface area contributed by atoms with Crippen molar-refractivity contribution in [2.75, 3.05) is 0 Å². The first-order valence-corrected chi connectivity index (χ1v) is 5.33. The predicted molar refractivity (Wildman–Crippen MR) is 69.2 cm³/mol. The van der Waals surface area contributed by atoms with Crippen LogP contribution in [-0.4, -0.2) is 33.0 Å². The van der Waals surface area contributed by atoms with Crippen molar-refractivity contribution in [2.45, 2.75) is 6.92 Å². The fourth-order valence-corrected chi connectivity index (χ4v) is 1.79. The van der Waals surface area contributed by atoms with Crippen LogP contribution in [0.25, 0.3) is 10.9 Å². The van der Waals surface area contributed by atoms with E-state index in [2.05, 4.69) is 9.98 Å². The standard InChI is InChI=1S/C12H11N3O4/c1-5(13)14-10-9(12(18)19)7-4-6(11(16)17)2-3-8(7)15-10/h2-4,15H,1H3,(H2,13,14)(H,16,17)(H,18,19). The van der Waals surface area contributed by atoms with Crippen molar-refractivity contribution in [3.63, 3.8) is 0 Å². The van der Waals surface area contributed by atoms with Gasteiger partial charge in [0.05, 0.1) is 11.4 Å². The summed E-state index contributed by atoms with van der Waals surface area (Å²) >= 11 is 0. The Morgan fingerprint density at radius 3 is 2.47 bits per heavy atom. The normalized spacial score (nSPS) is 11.7. The van der Waals surface area contributed by atoms with E-state index in [1.54, 1.807) is 0 Å². The Balaban J connectivity index is 2.79. The number of fused-ring (bicyclic) bond motifs is 1. The van der Waals surface area contributed by atoms with Gasteiger partial charge in [0, 0.05) is 10.9 Å². The van der Waals surface area contributed by atoms with Gasteiger partial charge in [-0.3, -0.25) is 0 Å². The van der Waals surface area contributed by atoms with E-state index in [-0.39, 0.29) is 28.2 Å². The van der Waals surface area contributed by atoms with Crippen LogP contribution in [0.4, 0.5) is 5.82 Å². The summed E-state index contributed by atoms with van der Waals surface area (Å²) in [5.74, 6) is -2.02. The molecule has 0 aliphatic heterocycles. The maximum Gasteiger partial charge on any atom is 0.340 e. The fourth-order valence-electron chi connectivity index (χ4n) is 1.79. The lowest BCUT2D eigenvalue weighted by atomic mass is 10.1. The molecular weight excluding hydrogens is 250 g/mol. The number of carboxylic acid groups (broad SMARTS) is 2. The lowest BCUT2D eigenvalue weighted by Crippen LogP contribution is -2.05. The molecule has 7 heteroatoms. The number of H-pyrrole nitrogens is 1. The second-order valence-electron chi connectivity index (χ2n) is 3.97. The highest BCUT2D eigenvalue weighted by Gasteiger charge is 2.19. The molecular formula is C12H11N3O4. The van der Waals surface area contributed by atoms with Crippen molar-refractivity contribution in [1.29, 1.82) is 0 Å². The number of benzene rings is 1. The number of hydrogen-bond donors (Lipinski definition) is 4. The van der Waals surface area contributed by atoms with Crippen LogP contribution in [0.5, 0.6) is 0 Å². The highest BCUT2D eigenvalue weighted by atomic mass is 16.4. The minimum atomic E-state index is -1.20. The van der Waals surface area contributed by atoms with Gasteiger partial charge in [0.2, 0.25) is 0 Å². The van der Waals surface area contributed by atoms with Gasteiger partial charge in [-0.05, 0) is 25.1 Å². The number of carboxylic acids is 2. The molecule has 0 radical (unpaired) electrons. The molecule has 0 saturated heterocycles. The van der Waals surface area contributed by atoms with Crippen LogP contribution in [0.3, 0.4) is 0 Å². The van der Waals surface area contributed by atoms with Crippen molar-refractivity contribution < 1.29 is 19.8 Å². The summed E-state index contributed by atoms with van der Waals surface area (Å²) in [4.78, 5) is 28.9. The topological polar surface area (TPSA) is 129 Å². The number of hydrogen-bond acceptors (Lipinski definition) is 3. The zero-order valence-corrected chi connectivity index (χ0v) is 9.97. The van der Waals surface area contributed by atoms with Gasteiger partial charge in [0.25, 0.3) is 0 Å². The SMILES string of the molecule is CC(N)=Nc1[nH]c2ccc(C(=O)O)cc2c1C(=O)O. The molecule has 19 heavy (non-hydrogen) atoms. The number of aromatic carboxylic acids is 2. The highest BCUT2D eigenvalue weighted by molar-refractivity contribution is 6.10. The highest BCUT2D eigenvalue weighted by Crippen LogP contribution is 2.29. The second kappa shape index (κ2) is 4.45.